The van der Waals surface area contributed by atoms with E-state index in [0.29, 0.717) is 13.0 Å². The van der Waals surface area contributed by atoms with E-state index in [2.05, 4.69) is 37.1 Å². The Morgan fingerprint density at radius 2 is 2.11 bits per heavy atom. The first-order valence-electron chi connectivity index (χ1n) is 12.2. The van der Waals surface area contributed by atoms with Crippen LogP contribution in [-0.4, -0.2) is 66.0 Å². The van der Waals surface area contributed by atoms with Crippen LogP contribution in [0, 0.1) is 5.92 Å². The Kier molecular flexibility index (Phi) is 7.17. The smallest absolute Gasteiger partial charge is 0.414 e. The minimum atomic E-state index is -0.758. The summed E-state index contributed by atoms with van der Waals surface area (Å²) in [4.78, 5) is 29.5. The fourth-order valence-corrected chi connectivity index (χ4v) is 7.30. The van der Waals surface area contributed by atoms with E-state index in [9.17, 15) is 9.59 Å². The van der Waals surface area contributed by atoms with Gasteiger partial charge in [-0.25, -0.2) is 9.78 Å². The number of benzene rings is 1. The predicted octanol–water partition coefficient (Wildman–Crippen LogP) is 4.72. The number of epoxide rings is 2. The number of para-hydroxylation sites is 1. The van der Waals surface area contributed by atoms with Crippen LogP contribution in [0.5, 0.6) is 0 Å². The largest absolute Gasteiger partial charge is 0.443 e. The molecule has 2 saturated heterocycles. The molecule has 3 heterocycles. The molecule has 1 aliphatic carbocycles. The Morgan fingerprint density at radius 1 is 1.33 bits per heavy atom. The van der Waals surface area contributed by atoms with E-state index < -0.39 is 23.7 Å². The number of methoxy groups -OCH3 is 1. The van der Waals surface area contributed by atoms with E-state index in [1.165, 1.54) is 28.7 Å². The summed E-state index contributed by atoms with van der Waals surface area (Å²) in [5.74, 6) is -0.417. The Hall–Kier alpha value is -1.98. The third-order valence-corrected chi connectivity index (χ3v) is 9.52. The van der Waals surface area contributed by atoms with Gasteiger partial charge in [-0.1, -0.05) is 35.5 Å². The van der Waals surface area contributed by atoms with Gasteiger partial charge in [0, 0.05) is 7.11 Å². The van der Waals surface area contributed by atoms with Crippen LogP contribution in [0.4, 0.5) is 4.79 Å². The number of ether oxygens (including phenoxy) is 4. The average molecular weight is 533 g/mol. The number of allylic oxidation sites excluding steroid dienone is 1. The quantitative estimate of drug-likeness (QED) is 0.296. The maximum Gasteiger partial charge on any atom is 0.414 e. The summed E-state index contributed by atoms with van der Waals surface area (Å²) in [6.45, 7) is 6.91. The van der Waals surface area contributed by atoms with Crippen molar-refractivity contribution in [3.05, 3.63) is 35.9 Å². The number of thioether (sulfide) groups is 1. The highest BCUT2D eigenvalue weighted by atomic mass is 32.2. The fourth-order valence-electron chi connectivity index (χ4n) is 5.43. The van der Waals surface area contributed by atoms with Gasteiger partial charge in [-0.3, -0.25) is 10.1 Å². The highest BCUT2D eigenvalue weighted by molar-refractivity contribution is 8.01. The number of alkyl carbamates (subject to hydrolysis) is 1. The lowest BCUT2D eigenvalue weighted by Crippen LogP contribution is -2.56. The lowest BCUT2D eigenvalue weighted by Gasteiger charge is -2.42. The molecular weight excluding hydrogens is 500 g/mol. The Bertz CT molecular complexity index is 1140. The standard InChI is InChI=1S/C26H32N2O6S2/c1-15(2)9-10-19-25(3,34-19)22-21(31-4)17(11-12-26(22)14-32-26)33-23(30)28-20(29)13-35-24-27-16-7-5-6-8-18(16)36-24/h5-9,17,19,21-22H,10-14H2,1-4H3,(H,28,29,30). The van der Waals surface area contributed by atoms with Gasteiger partial charge in [-0.05, 0) is 52.2 Å². The molecule has 3 aliphatic rings. The summed E-state index contributed by atoms with van der Waals surface area (Å²) in [7, 11) is 1.63. The van der Waals surface area contributed by atoms with E-state index >= 15 is 0 Å². The van der Waals surface area contributed by atoms with Crippen molar-refractivity contribution < 1.29 is 28.5 Å². The molecule has 2 aromatic rings. The third-order valence-electron chi connectivity index (χ3n) is 7.34. The molecule has 5 rings (SSSR count). The number of nitrogens with one attached hydrogen (secondary N) is 1. The number of amides is 2. The van der Waals surface area contributed by atoms with Crippen molar-refractivity contribution in [1.82, 2.24) is 10.3 Å². The summed E-state index contributed by atoms with van der Waals surface area (Å²) in [5.41, 5.74) is 1.44. The number of hydrogen-bond donors (Lipinski definition) is 1. The predicted molar refractivity (Wildman–Crippen MR) is 138 cm³/mol. The van der Waals surface area contributed by atoms with Gasteiger partial charge >= 0.3 is 6.09 Å². The SMILES string of the molecule is COC1C(OC(=O)NC(=O)CSc2nc3ccccc3s2)CCC2(CO2)C1C1(C)OC1CC=C(C)C. The zero-order valence-corrected chi connectivity index (χ0v) is 22.6. The van der Waals surface area contributed by atoms with Crippen LogP contribution in [-0.2, 0) is 23.7 Å². The summed E-state index contributed by atoms with van der Waals surface area (Å²) >= 11 is 2.82. The molecule has 0 radical (unpaired) electrons. The number of aromatic nitrogens is 1. The van der Waals surface area contributed by atoms with E-state index in [4.69, 9.17) is 18.9 Å². The van der Waals surface area contributed by atoms with Crippen molar-refractivity contribution in [3.63, 3.8) is 0 Å². The summed E-state index contributed by atoms with van der Waals surface area (Å²) < 4.78 is 25.6. The van der Waals surface area contributed by atoms with Gasteiger partial charge < -0.3 is 18.9 Å². The van der Waals surface area contributed by atoms with Crippen LogP contribution in [0.2, 0.25) is 0 Å². The molecule has 1 aromatic heterocycles. The second-order valence-electron chi connectivity index (χ2n) is 10.1. The molecule has 2 amide bonds. The minimum absolute atomic E-state index is 0.0672. The van der Waals surface area contributed by atoms with Crippen LogP contribution >= 0.6 is 23.1 Å². The number of nitrogens with zero attached hydrogens (tertiary/aromatic N) is 1. The highest BCUT2D eigenvalue weighted by Gasteiger charge is 2.72. The number of carbonyl (C=O) groups is 2. The maximum absolute atomic E-state index is 12.6. The number of hydrogen-bond acceptors (Lipinski definition) is 9. The number of imide groups is 1. The van der Waals surface area contributed by atoms with Crippen molar-refractivity contribution in [1.29, 1.82) is 0 Å². The van der Waals surface area contributed by atoms with Gasteiger partial charge in [0.1, 0.15) is 23.4 Å². The summed E-state index contributed by atoms with van der Waals surface area (Å²) in [6.07, 6.45) is 2.80. The zero-order valence-electron chi connectivity index (χ0n) is 20.9. The minimum Gasteiger partial charge on any atom is -0.443 e. The van der Waals surface area contributed by atoms with Crippen LogP contribution in [0.3, 0.4) is 0 Å². The van der Waals surface area contributed by atoms with Gasteiger partial charge in [-0.2, -0.15) is 0 Å². The van der Waals surface area contributed by atoms with E-state index in [1.807, 2.05) is 24.3 Å². The van der Waals surface area contributed by atoms with Gasteiger partial charge in [0.05, 0.1) is 34.6 Å². The molecule has 194 valence electrons. The summed E-state index contributed by atoms with van der Waals surface area (Å²) in [5, 5.41) is 2.35. The second kappa shape index (κ2) is 10.1. The van der Waals surface area contributed by atoms with Gasteiger partial charge in [0.2, 0.25) is 5.91 Å². The van der Waals surface area contributed by atoms with Crippen LogP contribution in [0.15, 0.2) is 40.3 Å². The second-order valence-corrected chi connectivity index (χ2v) is 12.4. The van der Waals surface area contributed by atoms with Crippen molar-refractivity contribution in [3.8, 4) is 0 Å². The van der Waals surface area contributed by atoms with E-state index in [0.717, 1.165) is 27.4 Å². The lowest BCUT2D eigenvalue weighted by atomic mass is 9.68. The monoisotopic (exact) mass is 532 g/mol. The molecule has 36 heavy (non-hydrogen) atoms. The first-order chi connectivity index (χ1) is 17.2. The van der Waals surface area contributed by atoms with Gasteiger partial charge in [0.15, 0.2) is 4.34 Å². The molecule has 2 aliphatic heterocycles. The number of fused-ring (bicyclic) bond motifs is 1. The van der Waals surface area contributed by atoms with Crippen molar-refractivity contribution in [2.45, 2.75) is 73.9 Å². The van der Waals surface area contributed by atoms with Crippen LogP contribution in [0.25, 0.3) is 10.2 Å². The maximum atomic E-state index is 12.6. The molecular formula is C26H32N2O6S2. The normalized spacial score (nSPS) is 32.8. The molecule has 1 N–H and O–H groups in total. The first kappa shape index (κ1) is 25.7. The molecule has 6 atom stereocenters. The average Bonchev–Trinajstić information content (AvgIpc) is 3.71. The Balaban J connectivity index is 1.17. The van der Waals surface area contributed by atoms with Crippen molar-refractivity contribution >= 4 is 45.3 Å². The van der Waals surface area contributed by atoms with Crippen molar-refractivity contribution in [2.75, 3.05) is 19.5 Å². The Morgan fingerprint density at radius 3 is 2.81 bits per heavy atom. The van der Waals surface area contributed by atoms with Crippen LogP contribution in [0.1, 0.15) is 40.0 Å². The van der Waals surface area contributed by atoms with Crippen LogP contribution < -0.4 is 5.32 Å². The zero-order chi connectivity index (χ0) is 25.5. The number of thiazole rings is 1. The first-order valence-corrected chi connectivity index (χ1v) is 14.0. The third kappa shape index (κ3) is 5.19. The van der Waals surface area contributed by atoms with E-state index in [-0.39, 0.29) is 29.5 Å². The van der Waals surface area contributed by atoms with E-state index in [1.54, 1.807) is 7.11 Å². The molecule has 10 heteroatoms. The molecule has 1 aromatic carbocycles. The van der Waals surface area contributed by atoms with Crippen molar-refractivity contribution in [2.24, 2.45) is 5.92 Å². The number of rotatable bonds is 8. The fraction of sp³-hybridized carbons (Fsp3) is 0.577. The lowest BCUT2D eigenvalue weighted by molar-refractivity contribution is -0.124. The molecule has 1 spiro atoms. The molecule has 6 unspecified atom stereocenters. The highest BCUT2D eigenvalue weighted by Crippen LogP contribution is 2.59. The topological polar surface area (TPSA) is 103 Å². The number of carbonyl (C=O) groups excluding carboxylic acids is 2. The van der Waals surface area contributed by atoms with Gasteiger partial charge in [0.25, 0.3) is 0 Å². The van der Waals surface area contributed by atoms with Gasteiger partial charge in [-0.15, -0.1) is 11.3 Å². The molecule has 3 fully saturated rings. The molecule has 8 nitrogen and oxygen atoms in total. The Labute approximate surface area is 219 Å². The summed E-state index contributed by atoms with van der Waals surface area (Å²) in [6, 6.07) is 7.81. The molecule has 1 saturated carbocycles. The molecule has 0 bridgehead atoms.